The fourth-order valence-corrected chi connectivity index (χ4v) is 2.83. The van der Waals surface area contributed by atoms with Crippen molar-refractivity contribution in [3.8, 4) is 10.9 Å². The minimum atomic E-state index is -0.321. The second kappa shape index (κ2) is 8.55. The Labute approximate surface area is 155 Å². The topological polar surface area (TPSA) is 73.3 Å². The molecule has 3 rings (SSSR count). The predicted molar refractivity (Wildman–Crippen MR) is 99.5 cm³/mol. The van der Waals surface area contributed by atoms with E-state index >= 15 is 0 Å². The molecule has 0 bridgehead atoms. The first kappa shape index (κ1) is 18.0. The van der Waals surface area contributed by atoms with Crippen LogP contribution in [-0.4, -0.2) is 21.9 Å². The number of hydrogen-bond donors (Lipinski definition) is 1. The predicted octanol–water partition coefficient (Wildman–Crippen LogP) is 3.91. The summed E-state index contributed by atoms with van der Waals surface area (Å²) >= 11 is 1.19. The van der Waals surface area contributed by atoms with Crippen LogP contribution >= 0.6 is 11.5 Å². The zero-order valence-corrected chi connectivity index (χ0v) is 15.4. The van der Waals surface area contributed by atoms with E-state index in [0.29, 0.717) is 35.4 Å². The summed E-state index contributed by atoms with van der Waals surface area (Å²) in [5, 5.41) is 0.446. The molecule has 1 aromatic heterocycles. The molecule has 6 nitrogen and oxygen atoms in total. The quantitative estimate of drug-likeness (QED) is 0.639. The van der Waals surface area contributed by atoms with E-state index in [4.69, 9.17) is 9.57 Å². The van der Waals surface area contributed by atoms with Gasteiger partial charge >= 0.3 is 0 Å². The van der Waals surface area contributed by atoms with Crippen molar-refractivity contribution < 1.29 is 14.4 Å². The molecule has 2 aromatic carbocycles. The summed E-state index contributed by atoms with van der Waals surface area (Å²) in [7, 11) is 0. The number of nitrogens with zero attached hydrogens (tertiary/aromatic N) is 2. The van der Waals surface area contributed by atoms with Crippen LogP contribution in [0.4, 0.5) is 0 Å². The zero-order chi connectivity index (χ0) is 18.4. The minimum Gasteiger partial charge on any atom is -0.430 e. The van der Waals surface area contributed by atoms with Crippen molar-refractivity contribution in [1.29, 1.82) is 0 Å². The Kier molecular flexibility index (Phi) is 5.93. The SMILES string of the molecule is CCONC(=O)c1ccc(C)c(Oc2nc(Cc3ccccc3)ns2)c1. The molecule has 1 heterocycles. The van der Waals surface area contributed by atoms with E-state index in [-0.39, 0.29) is 5.91 Å². The molecule has 0 atom stereocenters. The highest BCUT2D eigenvalue weighted by Crippen LogP contribution is 2.27. The third-order valence-corrected chi connectivity index (χ3v) is 4.24. The van der Waals surface area contributed by atoms with Crippen LogP contribution in [0.25, 0.3) is 0 Å². The second-order valence-electron chi connectivity index (χ2n) is 5.59. The molecule has 0 saturated carbocycles. The van der Waals surface area contributed by atoms with E-state index in [1.165, 1.54) is 11.5 Å². The molecule has 7 heteroatoms. The fraction of sp³-hybridized carbons (Fsp3) is 0.211. The Bertz CT molecular complexity index is 881. The lowest BCUT2D eigenvalue weighted by molar-refractivity contribution is 0.0364. The molecule has 1 N–H and O–H groups in total. The molecule has 1 amide bonds. The van der Waals surface area contributed by atoms with Gasteiger partial charge in [-0.2, -0.15) is 9.36 Å². The summed E-state index contributed by atoms with van der Waals surface area (Å²) in [6.45, 7) is 4.11. The van der Waals surface area contributed by atoms with Crippen molar-refractivity contribution >= 4 is 17.4 Å². The third-order valence-electron chi connectivity index (χ3n) is 3.61. The standard InChI is InChI=1S/C19H19N3O3S/c1-3-24-21-18(23)15-10-9-13(2)16(12-15)25-19-20-17(22-26-19)11-14-7-5-4-6-8-14/h4-10,12H,3,11H2,1-2H3,(H,21,23). The first-order valence-electron chi connectivity index (χ1n) is 8.23. The molecule has 0 aliphatic rings. The number of carbonyl (C=O) groups excluding carboxylic acids is 1. The highest BCUT2D eigenvalue weighted by Gasteiger charge is 2.12. The van der Waals surface area contributed by atoms with Gasteiger partial charge in [-0.1, -0.05) is 36.4 Å². The summed E-state index contributed by atoms with van der Waals surface area (Å²) in [4.78, 5) is 21.4. The molecule has 0 unspecified atom stereocenters. The normalized spacial score (nSPS) is 10.5. The number of aryl methyl sites for hydroxylation is 1. The monoisotopic (exact) mass is 369 g/mol. The Hall–Kier alpha value is -2.77. The van der Waals surface area contributed by atoms with Crippen LogP contribution in [-0.2, 0) is 11.3 Å². The van der Waals surface area contributed by atoms with Gasteiger partial charge in [-0.25, -0.2) is 5.48 Å². The molecule has 26 heavy (non-hydrogen) atoms. The van der Waals surface area contributed by atoms with Gasteiger partial charge in [0.25, 0.3) is 11.1 Å². The van der Waals surface area contributed by atoms with Gasteiger partial charge in [0.15, 0.2) is 5.82 Å². The Morgan fingerprint density at radius 2 is 2.00 bits per heavy atom. The van der Waals surface area contributed by atoms with Gasteiger partial charge < -0.3 is 4.74 Å². The highest BCUT2D eigenvalue weighted by molar-refractivity contribution is 7.07. The number of ether oxygens (including phenoxy) is 1. The second-order valence-corrected chi connectivity index (χ2v) is 6.30. The number of nitrogens with one attached hydrogen (secondary N) is 1. The van der Waals surface area contributed by atoms with E-state index in [1.807, 2.05) is 43.3 Å². The molecule has 0 spiro atoms. The average molecular weight is 369 g/mol. The first-order valence-corrected chi connectivity index (χ1v) is 9.00. The van der Waals surface area contributed by atoms with Crippen LogP contribution in [0.1, 0.15) is 34.2 Å². The lowest BCUT2D eigenvalue weighted by atomic mass is 10.1. The van der Waals surface area contributed by atoms with Gasteiger partial charge in [-0.05, 0) is 37.1 Å². The lowest BCUT2D eigenvalue weighted by Crippen LogP contribution is -2.23. The Morgan fingerprint density at radius 1 is 1.19 bits per heavy atom. The maximum Gasteiger partial charge on any atom is 0.298 e. The molecule has 0 fully saturated rings. The molecule has 0 saturated heterocycles. The largest absolute Gasteiger partial charge is 0.430 e. The third kappa shape index (κ3) is 4.65. The molecule has 0 radical (unpaired) electrons. The highest BCUT2D eigenvalue weighted by atomic mass is 32.1. The number of benzene rings is 2. The molecule has 0 aliphatic heterocycles. The Balaban J connectivity index is 1.71. The molecular formula is C19H19N3O3S. The molecule has 0 aliphatic carbocycles. The van der Waals surface area contributed by atoms with Crippen molar-refractivity contribution in [3.63, 3.8) is 0 Å². The molecular weight excluding hydrogens is 350 g/mol. The van der Waals surface area contributed by atoms with E-state index in [9.17, 15) is 4.79 Å². The number of aromatic nitrogens is 2. The maximum absolute atomic E-state index is 12.0. The van der Waals surface area contributed by atoms with Crippen molar-refractivity contribution in [2.24, 2.45) is 0 Å². The van der Waals surface area contributed by atoms with E-state index < -0.39 is 0 Å². The zero-order valence-electron chi connectivity index (χ0n) is 14.6. The van der Waals surface area contributed by atoms with Crippen LogP contribution < -0.4 is 10.2 Å². The minimum absolute atomic E-state index is 0.321. The number of amides is 1. The van der Waals surface area contributed by atoms with Crippen LogP contribution in [0.15, 0.2) is 48.5 Å². The summed E-state index contributed by atoms with van der Waals surface area (Å²) in [5.74, 6) is 0.953. The van der Waals surface area contributed by atoms with Gasteiger partial charge in [-0.3, -0.25) is 9.63 Å². The van der Waals surface area contributed by atoms with Crippen LogP contribution in [0.2, 0.25) is 0 Å². The van der Waals surface area contributed by atoms with Gasteiger partial charge in [0.2, 0.25) is 0 Å². The van der Waals surface area contributed by atoms with E-state index in [1.54, 1.807) is 19.1 Å². The van der Waals surface area contributed by atoms with Gasteiger partial charge in [0.1, 0.15) is 5.75 Å². The van der Waals surface area contributed by atoms with Crippen molar-refractivity contribution in [3.05, 3.63) is 71.0 Å². The maximum atomic E-state index is 12.0. The number of hydrogen-bond acceptors (Lipinski definition) is 6. The summed E-state index contributed by atoms with van der Waals surface area (Å²) in [6, 6.07) is 15.2. The smallest absolute Gasteiger partial charge is 0.298 e. The fourth-order valence-electron chi connectivity index (χ4n) is 2.27. The van der Waals surface area contributed by atoms with Crippen molar-refractivity contribution in [1.82, 2.24) is 14.8 Å². The summed E-state index contributed by atoms with van der Waals surface area (Å²) in [5.41, 5.74) is 4.86. The van der Waals surface area contributed by atoms with E-state index in [0.717, 1.165) is 11.1 Å². The van der Waals surface area contributed by atoms with E-state index in [2.05, 4.69) is 14.8 Å². The van der Waals surface area contributed by atoms with Crippen molar-refractivity contribution in [2.45, 2.75) is 20.3 Å². The van der Waals surface area contributed by atoms with Gasteiger partial charge in [0, 0.05) is 23.5 Å². The number of rotatable bonds is 7. The molecule has 134 valence electrons. The number of carbonyl (C=O) groups is 1. The molecule has 3 aromatic rings. The van der Waals surface area contributed by atoms with Crippen LogP contribution in [0.3, 0.4) is 0 Å². The average Bonchev–Trinajstić information content (AvgIpc) is 3.09. The van der Waals surface area contributed by atoms with Crippen LogP contribution in [0, 0.1) is 6.92 Å². The van der Waals surface area contributed by atoms with Crippen molar-refractivity contribution in [2.75, 3.05) is 6.61 Å². The summed E-state index contributed by atoms with van der Waals surface area (Å²) in [6.07, 6.45) is 0.649. The first-order chi connectivity index (χ1) is 12.7. The Morgan fingerprint density at radius 3 is 2.77 bits per heavy atom. The lowest BCUT2D eigenvalue weighted by Gasteiger charge is -2.08. The van der Waals surface area contributed by atoms with Gasteiger partial charge in [0.05, 0.1) is 6.61 Å². The summed E-state index contributed by atoms with van der Waals surface area (Å²) < 4.78 is 10.2. The number of hydroxylamine groups is 1. The van der Waals surface area contributed by atoms with Crippen LogP contribution in [0.5, 0.6) is 10.9 Å². The van der Waals surface area contributed by atoms with Gasteiger partial charge in [-0.15, -0.1) is 0 Å².